The van der Waals surface area contributed by atoms with Crippen molar-refractivity contribution in [1.29, 1.82) is 0 Å². The molecule has 138 valence electrons. The van der Waals surface area contributed by atoms with Gasteiger partial charge in [-0.3, -0.25) is 9.59 Å². The van der Waals surface area contributed by atoms with Gasteiger partial charge in [0.15, 0.2) is 0 Å². The quantitative estimate of drug-likeness (QED) is 0.610. The molecule has 3 rings (SSSR count). The molecule has 2 amide bonds. The molecule has 2 aromatic carbocycles. The summed E-state index contributed by atoms with van der Waals surface area (Å²) < 4.78 is 0. The van der Waals surface area contributed by atoms with Crippen LogP contribution in [-0.2, 0) is 11.3 Å². The van der Waals surface area contributed by atoms with E-state index in [1.54, 1.807) is 35.2 Å². The average Bonchev–Trinajstić information content (AvgIpc) is 3.16. The number of thiophene rings is 1. The molecule has 0 saturated carbocycles. The summed E-state index contributed by atoms with van der Waals surface area (Å²) in [5.41, 5.74) is 2.35. The Morgan fingerprint density at radius 1 is 1.07 bits per heavy atom. The van der Waals surface area contributed by atoms with Crippen LogP contribution in [0.4, 0.5) is 5.69 Å². The molecule has 0 saturated heterocycles. The highest BCUT2D eigenvalue weighted by atomic mass is 32.2. The van der Waals surface area contributed by atoms with E-state index in [4.69, 9.17) is 0 Å². The second-order valence-electron chi connectivity index (χ2n) is 6.07. The topological polar surface area (TPSA) is 58.2 Å². The van der Waals surface area contributed by atoms with Crippen LogP contribution in [0.1, 0.15) is 27.7 Å². The van der Waals surface area contributed by atoms with Crippen molar-refractivity contribution in [1.82, 2.24) is 5.32 Å². The van der Waals surface area contributed by atoms with Crippen molar-refractivity contribution in [3.05, 3.63) is 76.0 Å². The molecule has 0 spiro atoms. The summed E-state index contributed by atoms with van der Waals surface area (Å²) in [5, 5.41) is 7.72. The minimum atomic E-state index is -0.170. The van der Waals surface area contributed by atoms with E-state index < -0.39 is 0 Å². The summed E-state index contributed by atoms with van der Waals surface area (Å²) in [5.74, 6) is -0.334. The highest BCUT2D eigenvalue weighted by molar-refractivity contribution is 7.99. The first kappa shape index (κ1) is 19.2. The molecule has 0 radical (unpaired) electrons. The molecule has 4 nitrogen and oxygen atoms in total. The minimum absolute atomic E-state index is 0.165. The highest BCUT2D eigenvalue weighted by Crippen LogP contribution is 2.34. The van der Waals surface area contributed by atoms with Crippen molar-refractivity contribution in [3.63, 3.8) is 0 Å². The normalized spacial score (nSPS) is 10.4. The number of hydrogen-bond donors (Lipinski definition) is 2. The van der Waals surface area contributed by atoms with Crippen molar-refractivity contribution in [2.75, 3.05) is 5.32 Å². The highest BCUT2D eigenvalue weighted by Gasteiger charge is 2.12. The zero-order valence-corrected chi connectivity index (χ0v) is 16.7. The van der Waals surface area contributed by atoms with E-state index in [0.717, 1.165) is 14.7 Å². The van der Waals surface area contributed by atoms with Gasteiger partial charge < -0.3 is 10.6 Å². The third kappa shape index (κ3) is 5.45. The third-order valence-electron chi connectivity index (χ3n) is 3.80. The minimum Gasteiger partial charge on any atom is -0.347 e. The Balaban J connectivity index is 1.79. The monoisotopic (exact) mass is 396 g/mol. The number of carbonyl (C=O) groups is 2. The summed E-state index contributed by atoms with van der Waals surface area (Å²) in [4.78, 5) is 27.1. The average molecular weight is 397 g/mol. The summed E-state index contributed by atoms with van der Waals surface area (Å²) >= 11 is 3.15. The molecule has 1 aromatic heterocycles. The fourth-order valence-corrected chi connectivity index (χ4v) is 3.99. The third-order valence-corrected chi connectivity index (χ3v) is 5.76. The number of benzene rings is 2. The van der Waals surface area contributed by atoms with Gasteiger partial charge in [0.25, 0.3) is 5.91 Å². The van der Waals surface area contributed by atoms with Gasteiger partial charge in [0, 0.05) is 27.2 Å². The Morgan fingerprint density at radius 2 is 1.85 bits per heavy atom. The SMILES string of the molecule is CC(=O)Nc1cc(C(=O)NCc2cccs2)ccc1Sc1ccc(C)cc1. The van der Waals surface area contributed by atoms with E-state index in [-0.39, 0.29) is 11.8 Å². The van der Waals surface area contributed by atoms with Gasteiger partial charge >= 0.3 is 0 Å². The number of anilines is 1. The number of nitrogens with one attached hydrogen (secondary N) is 2. The summed E-state index contributed by atoms with van der Waals surface area (Å²) in [7, 11) is 0. The van der Waals surface area contributed by atoms with E-state index in [2.05, 4.69) is 10.6 Å². The van der Waals surface area contributed by atoms with Gasteiger partial charge in [0.1, 0.15) is 0 Å². The van der Waals surface area contributed by atoms with Gasteiger partial charge in [-0.1, -0.05) is 35.5 Å². The molecule has 0 aliphatic rings. The van der Waals surface area contributed by atoms with Crippen LogP contribution in [0.2, 0.25) is 0 Å². The lowest BCUT2D eigenvalue weighted by molar-refractivity contribution is -0.114. The lowest BCUT2D eigenvalue weighted by Crippen LogP contribution is -2.22. The number of aryl methyl sites for hydroxylation is 1. The largest absolute Gasteiger partial charge is 0.347 e. The van der Waals surface area contributed by atoms with Gasteiger partial charge in [0.2, 0.25) is 5.91 Å². The molecular weight excluding hydrogens is 376 g/mol. The Kier molecular flexibility index (Phi) is 6.32. The van der Waals surface area contributed by atoms with E-state index in [9.17, 15) is 9.59 Å². The Hall–Kier alpha value is -2.57. The maximum absolute atomic E-state index is 12.5. The van der Waals surface area contributed by atoms with Gasteiger partial charge in [-0.2, -0.15) is 0 Å². The molecule has 2 N–H and O–H groups in total. The Bertz CT molecular complexity index is 935. The Morgan fingerprint density at radius 3 is 2.52 bits per heavy atom. The molecular formula is C21H20N2O2S2. The molecule has 1 heterocycles. The maximum atomic E-state index is 12.5. The maximum Gasteiger partial charge on any atom is 0.251 e. The second kappa shape index (κ2) is 8.88. The first-order valence-electron chi connectivity index (χ1n) is 8.48. The van der Waals surface area contributed by atoms with E-state index in [0.29, 0.717) is 17.8 Å². The summed E-state index contributed by atoms with van der Waals surface area (Å²) in [6.07, 6.45) is 0. The molecule has 6 heteroatoms. The standard InChI is InChI=1S/C21H20N2O2S2/c1-14-5-8-17(9-6-14)27-20-10-7-16(12-19(20)23-15(2)24)21(25)22-13-18-4-3-11-26-18/h3-12H,13H2,1-2H3,(H,22,25)(H,23,24). The molecule has 0 unspecified atom stereocenters. The van der Waals surface area contributed by atoms with E-state index in [1.165, 1.54) is 12.5 Å². The zero-order chi connectivity index (χ0) is 19.2. The van der Waals surface area contributed by atoms with Crippen molar-refractivity contribution in [3.8, 4) is 0 Å². The number of carbonyl (C=O) groups excluding carboxylic acids is 2. The summed E-state index contributed by atoms with van der Waals surface area (Å²) in [6, 6.07) is 17.5. The first-order valence-corrected chi connectivity index (χ1v) is 10.2. The molecule has 0 atom stereocenters. The van der Waals surface area contributed by atoms with Gasteiger partial charge in [-0.05, 0) is 48.7 Å². The molecule has 27 heavy (non-hydrogen) atoms. The number of amides is 2. The van der Waals surface area contributed by atoms with Crippen LogP contribution in [0.15, 0.2) is 69.8 Å². The molecule has 0 fully saturated rings. The van der Waals surface area contributed by atoms with Crippen LogP contribution in [0, 0.1) is 6.92 Å². The molecule has 0 aliphatic carbocycles. The fourth-order valence-electron chi connectivity index (χ4n) is 2.46. The van der Waals surface area contributed by atoms with E-state index in [1.807, 2.05) is 54.8 Å². The Labute approximate surface area is 167 Å². The molecule has 3 aromatic rings. The fraction of sp³-hybridized carbons (Fsp3) is 0.143. The van der Waals surface area contributed by atoms with Gasteiger partial charge in [0.05, 0.1) is 12.2 Å². The zero-order valence-electron chi connectivity index (χ0n) is 15.1. The number of rotatable bonds is 6. The smallest absolute Gasteiger partial charge is 0.251 e. The predicted octanol–water partition coefficient (Wildman–Crippen LogP) is 5.10. The predicted molar refractivity (Wildman–Crippen MR) is 112 cm³/mol. The van der Waals surface area contributed by atoms with Crippen LogP contribution in [0.3, 0.4) is 0 Å². The van der Waals surface area contributed by atoms with Crippen molar-refractivity contribution >= 4 is 40.6 Å². The van der Waals surface area contributed by atoms with Crippen molar-refractivity contribution < 1.29 is 9.59 Å². The second-order valence-corrected chi connectivity index (χ2v) is 8.22. The van der Waals surface area contributed by atoms with Crippen LogP contribution in [0.25, 0.3) is 0 Å². The lowest BCUT2D eigenvalue weighted by Gasteiger charge is -2.12. The van der Waals surface area contributed by atoms with Gasteiger partial charge in [-0.25, -0.2) is 0 Å². The van der Waals surface area contributed by atoms with Crippen LogP contribution >= 0.6 is 23.1 Å². The van der Waals surface area contributed by atoms with Crippen molar-refractivity contribution in [2.45, 2.75) is 30.2 Å². The lowest BCUT2D eigenvalue weighted by atomic mass is 10.2. The van der Waals surface area contributed by atoms with Crippen molar-refractivity contribution in [2.24, 2.45) is 0 Å². The number of hydrogen-bond acceptors (Lipinski definition) is 4. The van der Waals surface area contributed by atoms with E-state index >= 15 is 0 Å². The van der Waals surface area contributed by atoms with Crippen LogP contribution in [0.5, 0.6) is 0 Å². The van der Waals surface area contributed by atoms with Crippen LogP contribution in [-0.4, -0.2) is 11.8 Å². The first-order chi connectivity index (χ1) is 13.0. The van der Waals surface area contributed by atoms with Gasteiger partial charge in [-0.15, -0.1) is 11.3 Å². The van der Waals surface area contributed by atoms with Crippen LogP contribution < -0.4 is 10.6 Å². The summed E-state index contributed by atoms with van der Waals surface area (Å²) in [6.45, 7) is 4.00. The molecule has 0 bridgehead atoms. The molecule has 0 aliphatic heterocycles.